The van der Waals surface area contributed by atoms with Crippen LogP contribution >= 0.6 is 0 Å². The molecule has 4 aromatic rings. The predicted octanol–water partition coefficient (Wildman–Crippen LogP) is 4.22. The topological polar surface area (TPSA) is 57.6 Å². The number of hydrogen-bond donors (Lipinski definition) is 0. The number of benzene rings is 2. The zero-order valence-electron chi connectivity index (χ0n) is 21.7. The minimum atomic E-state index is -0.567. The van der Waals surface area contributed by atoms with Crippen LogP contribution in [0.15, 0.2) is 36.5 Å². The summed E-state index contributed by atoms with van der Waals surface area (Å²) >= 11 is 0. The van der Waals surface area contributed by atoms with Crippen molar-refractivity contribution in [3.05, 3.63) is 53.7 Å². The van der Waals surface area contributed by atoms with E-state index in [0.29, 0.717) is 46.6 Å². The lowest BCUT2D eigenvalue weighted by atomic mass is 9.96. The monoisotopic (exact) mass is 526 g/mol. The molecule has 5 heterocycles. The number of hydrogen-bond acceptors (Lipinski definition) is 7. The number of terminal acetylenes is 1. The number of rotatable bonds is 3. The van der Waals surface area contributed by atoms with Crippen LogP contribution in [0.3, 0.4) is 0 Å². The number of piperazine rings is 1. The van der Waals surface area contributed by atoms with E-state index in [0.717, 1.165) is 39.0 Å². The normalized spacial score (nSPS) is 21.6. The van der Waals surface area contributed by atoms with Crippen molar-refractivity contribution in [2.75, 3.05) is 56.1 Å². The fourth-order valence-corrected chi connectivity index (χ4v) is 6.09. The number of halogens is 2. The third-order valence-electron chi connectivity index (χ3n) is 8.18. The van der Waals surface area contributed by atoms with Crippen molar-refractivity contribution in [2.24, 2.45) is 0 Å². The molecule has 198 valence electrons. The molecule has 0 saturated carbocycles. The molecule has 2 bridgehead atoms. The molecular formula is C30H28F2N6O. The SMILES string of the molecule is C#Cc1c(F)ccc2cccc(-c3ncc4c(N5C[C@H]6CC[C@@H](C5)O6)nc(N5CCN(C)CC5)nc4c3F)c12. The van der Waals surface area contributed by atoms with Gasteiger partial charge in [0.15, 0.2) is 5.82 Å². The van der Waals surface area contributed by atoms with E-state index in [9.17, 15) is 4.39 Å². The Kier molecular flexibility index (Phi) is 5.83. The number of morpholine rings is 1. The molecule has 7 nitrogen and oxygen atoms in total. The third-order valence-corrected chi connectivity index (χ3v) is 8.18. The maximum atomic E-state index is 16.6. The molecular weight excluding hydrogens is 498 g/mol. The van der Waals surface area contributed by atoms with E-state index in [2.05, 4.69) is 32.7 Å². The van der Waals surface area contributed by atoms with Crippen molar-refractivity contribution in [1.82, 2.24) is 19.9 Å². The number of pyridine rings is 1. The van der Waals surface area contributed by atoms with Crippen LogP contribution in [0.5, 0.6) is 0 Å². The van der Waals surface area contributed by atoms with E-state index in [1.165, 1.54) is 6.07 Å². The average Bonchev–Trinajstić information content (AvgIpc) is 3.30. The lowest BCUT2D eigenvalue weighted by Crippen LogP contribution is -2.46. The number of likely N-dealkylation sites (N-methyl/N-ethyl adjacent to an activating group) is 1. The maximum absolute atomic E-state index is 16.6. The molecule has 3 aliphatic rings. The number of ether oxygens (including phenoxy) is 1. The van der Waals surface area contributed by atoms with E-state index in [1.807, 2.05) is 6.07 Å². The highest BCUT2D eigenvalue weighted by Crippen LogP contribution is 2.38. The molecule has 3 fully saturated rings. The summed E-state index contributed by atoms with van der Waals surface area (Å²) in [7, 11) is 2.09. The van der Waals surface area contributed by atoms with Gasteiger partial charge in [0.1, 0.15) is 22.8 Å². The lowest BCUT2D eigenvalue weighted by molar-refractivity contribution is 0.0303. The quantitative estimate of drug-likeness (QED) is 0.371. The van der Waals surface area contributed by atoms with Crippen molar-refractivity contribution in [3.8, 4) is 23.6 Å². The van der Waals surface area contributed by atoms with Crippen LogP contribution in [-0.4, -0.2) is 78.4 Å². The molecule has 39 heavy (non-hydrogen) atoms. The Labute approximate surface area is 225 Å². The van der Waals surface area contributed by atoms with E-state index in [1.54, 1.807) is 24.4 Å². The number of fused-ring (bicyclic) bond motifs is 4. The zero-order chi connectivity index (χ0) is 26.7. The highest BCUT2D eigenvalue weighted by atomic mass is 19.1. The first-order valence-electron chi connectivity index (χ1n) is 13.4. The molecule has 2 aromatic heterocycles. The van der Waals surface area contributed by atoms with Crippen LogP contribution in [0.1, 0.15) is 18.4 Å². The minimum absolute atomic E-state index is 0.0891. The van der Waals surface area contributed by atoms with Crippen molar-refractivity contribution in [1.29, 1.82) is 0 Å². The van der Waals surface area contributed by atoms with Gasteiger partial charge in [0, 0.05) is 56.4 Å². The van der Waals surface area contributed by atoms with Crippen LogP contribution < -0.4 is 9.80 Å². The van der Waals surface area contributed by atoms with Gasteiger partial charge in [-0.25, -0.2) is 13.8 Å². The first-order chi connectivity index (χ1) is 19.0. The summed E-state index contributed by atoms with van der Waals surface area (Å²) in [5.41, 5.74) is 0.819. The molecule has 0 unspecified atom stereocenters. The van der Waals surface area contributed by atoms with Crippen LogP contribution in [0.2, 0.25) is 0 Å². The predicted molar refractivity (Wildman–Crippen MR) is 148 cm³/mol. The summed E-state index contributed by atoms with van der Waals surface area (Å²) in [5, 5.41) is 1.73. The maximum Gasteiger partial charge on any atom is 0.228 e. The summed E-state index contributed by atoms with van der Waals surface area (Å²) in [5.74, 6) is 2.54. The Morgan fingerprint density at radius 3 is 2.49 bits per heavy atom. The second-order valence-corrected chi connectivity index (χ2v) is 10.7. The first-order valence-corrected chi connectivity index (χ1v) is 13.4. The number of aromatic nitrogens is 3. The average molecular weight is 527 g/mol. The summed E-state index contributed by atoms with van der Waals surface area (Å²) in [6.07, 6.45) is 9.64. The van der Waals surface area contributed by atoms with Crippen LogP contribution in [0.4, 0.5) is 20.5 Å². The Bertz CT molecular complexity index is 1630. The second-order valence-electron chi connectivity index (χ2n) is 10.7. The Morgan fingerprint density at radius 1 is 0.974 bits per heavy atom. The second kappa shape index (κ2) is 9.40. The van der Waals surface area contributed by atoms with Gasteiger partial charge < -0.3 is 19.4 Å². The molecule has 0 aliphatic carbocycles. The molecule has 2 aromatic carbocycles. The van der Waals surface area contributed by atoms with Gasteiger partial charge in [-0.1, -0.05) is 30.2 Å². The molecule has 3 aliphatic heterocycles. The number of nitrogens with zero attached hydrogens (tertiary/aromatic N) is 6. The molecule has 2 atom stereocenters. The highest BCUT2D eigenvalue weighted by molar-refractivity contribution is 6.02. The molecule has 3 saturated heterocycles. The van der Waals surface area contributed by atoms with Crippen molar-refractivity contribution in [3.63, 3.8) is 0 Å². The van der Waals surface area contributed by atoms with Crippen LogP contribution in [0, 0.1) is 24.0 Å². The van der Waals surface area contributed by atoms with Gasteiger partial charge in [0.25, 0.3) is 0 Å². The Hall–Kier alpha value is -3.87. The van der Waals surface area contributed by atoms with Crippen molar-refractivity contribution in [2.45, 2.75) is 25.0 Å². The largest absolute Gasteiger partial charge is 0.371 e. The van der Waals surface area contributed by atoms with Crippen molar-refractivity contribution >= 4 is 33.4 Å². The molecule has 0 radical (unpaired) electrons. The molecule has 0 amide bonds. The summed E-state index contributed by atoms with van der Waals surface area (Å²) < 4.78 is 37.3. The Morgan fingerprint density at radius 2 is 1.74 bits per heavy atom. The third kappa shape index (κ3) is 4.06. The standard InChI is InChI=1S/C30H28F2N6O/c1-3-21-24(31)10-7-18-5-4-6-22(25(18)21)27-26(32)28-23(15-33-27)29(38-16-19-8-9-20(17-38)39-19)35-30(34-28)37-13-11-36(2)12-14-37/h1,4-7,10,15,19-20H,8-9,11-14,16-17H2,2H3/t19-,20+. The molecule has 0 N–H and O–H groups in total. The van der Waals surface area contributed by atoms with Gasteiger partial charge >= 0.3 is 0 Å². The van der Waals surface area contributed by atoms with Crippen LogP contribution in [0.25, 0.3) is 32.9 Å². The molecule has 9 heteroatoms. The van der Waals surface area contributed by atoms with Gasteiger partial charge in [-0.3, -0.25) is 4.98 Å². The molecule has 0 spiro atoms. The molecule has 7 rings (SSSR count). The fraction of sp³-hybridized carbons (Fsp3) is 0.367. The Balaban J connectivity index is 1.43. The lowest BCUT2D eigenvalue weighted by Gasteiger charge is -2.35. The fourth-order valence-electron chi connectivity index (χ4n) is 6.09. The summed E-state index contributed by atoms with van der Waals surface area (Å²) in [6, 6.07) is 8.33. The van der Waals surface area contributed by atoms with Gasteiger partial charge in [0.2, 0.25) is 5.95 Å². The van der Waals surface area contributed by atoms with E-state index in [-0.39, 0.29) is 29.0 Å². The minimum Gasteiger partial charge on any atom is -0.371 e. The van der Waals surface area contributed by atoms with Gasteiger partial charge in [-0.2, -0.15) is 4.98 Å². The van der Waals surface area contributed by atoms with E-state index >= 15 is 4.39 Å². The summed E-state index contributed by atoms with van der Waals surface area (Å²) in [6.45, 7) is 4.65. The van der Waals surface area contributed by atoms with E-state index < -0.39 is 11.6 Å². The number of anilines is 2. The highest BCUT2D eigenvalue weighted by Gasteiger charge is 2.36. The van der Waals surface area contributed by atoms with Gasteiger partial charge in [-0.05, 0) is 31.3 Å². The van der Waals surface area contributed by atoms with Gasteiger partial charge in [-0.15, -0.1) is 6.42 Å². The van der Waals surface area contributed by atoms with Crippen molar-refractivity contribution < 1.29 is 13.5 Å². The van der Waals surface area contributed by atoms with Crippen LogP contribution in [-0.2, 0) is 4.74 Å². The van der Waals surface area contributed by atoms with E-state index in [4.69, 9.17) is 21.1 Å². The zero-order valence-corrected chi connectivity index (χ0v) is 21.7. The smallest absolute Gasteiger partial charge is 0.228 e. The first kappa shape index (κ1) is 24.2. The summed E-state index contributed by atoms with van der Waals surface area (Å²) in [4.78, 5) is 20.9. The van der Waals surface area contributed by atoms with Gasteiger partial charge in [0.05, 0.1) is 23.2 Å².